The van der Waals surface area contributed by atoms with Gasteiger partial charge in [-0.25, -0.2) is 0 Å². The van der Waals surface area contributed by atoms with Crippen LogP contribution >= 0.6 is 0 Å². The first-order valence-corrected chi connectivity index (χ1v) is 3.33. The lowest BCUT2D eigenvalue weighted by molar-refractivity contribution is -0.149. The third-order valence-electron chi connectivity index (χ3n) is 1.64. The van der Waals surface area contributed by atoms with Crippen LogP contribution in [0, 0.1) is 5.92 Å². The van der Waals surface area contributed by atoms with Gasteiger partial charge in [-0.3, -0.25) is 4.79 Å². The van der Waals surface area contributed by atoms with Gasteiger partial charge in [0.25, 0.3) is 0 Å². The van der Waals surface area contributed by atoms with E-state index in [4.69, 9.17) is 5.11 Å². The summed E-state index contributed by atoms with van der Waals surface area (Å²) < 4.78 is 0. The van der Waals surface area contributed by atoms with Gasteiger partial charge in [-0.15, -0.1) is 0 Å². The number of carbonyl (C=O) groups excluding carboxylic acids is 1. The van der Waals surface area contributed by atoms with Gasteiger partial charge in [0.2, 0.25) is 0 Å². The highest BCUT2D eigenvalue weighted by Crippen LogP contribution is 2.18. The lowest BCUT2D eigenvalue weighted by Crippen LogP contribution is -2.39. The van der Waals surface area contributed by atoms with Gasteiger partial charge < -0.3 is 15.0 Å². The van der Waals surface area contributed by atoms with E-state index in [9.17, 15) is 14.7 Å². The molecular formula is C7H12O4. The molecule has 0 unspecified atom stereocenters. The molecule has 0 saturated carbocycles. The monoisotopic (exact) mass is 160 g/mol. The van der Waals surface area contributed by atoms with Crippen molar-refractivity contribution in [1.82, 2.24) is 0 Å². The number of carbonyl (C=O) groups is 2. The molecule has 0 saturated heterocycles. The van der Waals surface area contributed by atoms with Gasteiger partial charge in [-0.05, 0) is 5.92 Å². The smallest absolute Gasteiger partial charge is 0.306 e. The topological polar surface area (TPSA) is 74.6 Å². The van der Waals surface area contributed by atoms with Crippen molar-refractivity contribution in [3.63, 3.8) is 0 Å². The molecule has 0 rings (SSSR count). The third kappa shape index (κ3) is 2.67. The quantitative estimate of drug-likeness (QED) is 0.570. The van der Waals surface area contributed by atoms with E-state index in [0.717, 1.165) is 0 Å². The lowest BCUT2D eigenvalue weighted by Gasteiger charge is -2.23. The number of rotatable bonds is 4. The number of hydrogen-bond acceptors (Lipinski definition) is 3. The molecule has 1 atom stereocenters. The van der Waals surface area contributed by atoms with Crippen LogP contribution in [0.5, 0.6) is 0 Å². The summed E-state index contributed by atoms with van der Waals surface area (Å²) in [6.45, 7) is 3.19. The third-order valence-corrected chi connectivity index (χ3v) is 1.64. The Balaban J connectivity index is 4.34. The number of aliphatic carboxylic acids is 1. The van der Waals surface area contributed by atoms with Crippen molar-refractivity contribution in [3.05, 3.63) is 0 Å². The van der Waals surface area contributed by atoms with E-state index in [1.807, 2.05) is 0 Å². The normalized spacial score (nSPS) is 16.0. The summed E-state index contributed by atoms with van der Waals surface area (Å²) in [7, 11) is 0. The number of carboxylic acid groups (broad SMARTS) is 1. The molecule has 0 aromatic carbocycles. The zero-order valence-corrected chi connectivity index (χ0v) is 6.57. The fourth-order valence-corrected chi connectivity index (χ4v) is 0.624. The first-order chi connectivity index (χ1) is 4.92. The fraction of sp³-hybridized carbons (Fsp3) is 0.714. The maximum Gasteiger partial charge on any atom is 0.306 e. The molecule has 64 valence electrons. The highest BCUT2D eigenvalue weighted by Gasteiger charge is 2.33. The largest absolute Gasteiger partial charge is 0.481 e. The number of hydrogen-bond donors (Lipinski definition) is 2. The number of aldehydes is 1. The summed E-state index contributed by atoms with van der Waals surface area (Å²) in [5.41, 5.74) is -1.72. The Morgan fingerprint density at radius 3 is 2.18 bits per heavy atom. The Bertz CT molecular complexity index is 164. The van der Waals surface area contributed by atoms with Gasteiger partial charge in [0.15, 0.2) is 6.29 Å². The summed E-state index contributed by atoms with van der Waals surface area (Å²) in [6.07, 6.45) is -0.250. The molecule has 0 fully saturated rings. The molecule has 11 heavy (non-hydrogen) atoms. The summed E-state index contributed by atoms with van der Waals surface area (Å²) >= 11 is 0. The first-order valence-electron chi connectivity index (χ1n) is 3.33. The minimum absolute atomic E-state index is 0.284. The maximum atomic E-state index is 10.3. The molecule has 0 bridgehead atoms. The number of carboxylic acids is 1. The zero-order chi connectivity index (χ0) is 9.07. The summed E-state index contributed by atoms with van der Waals surface area (Å²) in [6, 6.07) is 0. The van der Waals surface area contributed by atoms with E-state index in [0.29, 0.717) is 0 Å². The maximum absolute atomic E-state index is 10.3. The van der Waals surface area contributed by atoms with E-state index in [2.05, 4.69) is 0 Å². The Morgan fingerprint density at radius 1 is 1.64 bits per heavy atom. The lowest BCUT2D eigenvalue weighted by atomic mass is 9.89. The minimum Gasteiger partial charge on any atom is -0.481 e. The molecule has 0 aliphatic carbocycles. The standard InChI is InChI=1S/C7H12O4/c1-5(2)7(11,4-8)3-6(9)10/h4-5,11H,3H2,1-2H3,(H,9,10)/t7-/m1/s1. The zero-order valence-electron chi connectivity index (χ0n) is 6.57. The van der Waals surface area contributed by atoms with Crippen LogP contribution in [0.4, 0.5) is 0 Å². The average Bonchev–Trinajstić information content (AvgIpc) is 1.86. The molecule has 0 radical (unpaired) electrons. The van der Waals surface area contributed by atoms with Gasteiger partial charge in [0, 0.05) is 0 Å². The summed E-state index contributed by atoms with van der Waals surface area (Å²) in [5, 5.41) is 17.6. The Kier molecular flexibility index (Phi) is 3.19. The van der Waals surface area contributed by atoms with Crippen LogP contribution in [0.1, 0.15) is 20.3 Å². The molecule has 0 aromatic heterocycles. The predicted molar refractivity (Wildman–Crippen MR) is 38.1 cm³/mol. The summed E-state index contributed by atoms with van der Waals surface area (Å²) in [4.78, 5) is 20.4. The number of aliphatic hydroxyl groups is 1. The molecule has 2 N–H and O–H groups in total. The van der Waals surface area contributed by atoms with Crippen molar-refractivity contribution in [2.45, 2.75) is 25.9 Å². The SMILES string of the molecule is CC(C)[C@](O)(C=O)CC(=O)O. The predicted octanol–water partition coefficient (Wildman–Crippen LogP) is 0.0471. The van der Waals surface area contributed by atoms with Crippen LogP contribution in [0.2, 0.25) is 0 Å². The van der Waals surface area contributed by atoms with Crippen molar-refractivity contribution >= 4 is 12.3 Å². The highest BCUT2D eigenvalue weighted by molar-refractivity contribution is 5.76. The van der Waals surface area contributed by atoms with Gasteiger partial charge in [0.05, 0.1) is 6.42 Å². The van der Waals surface area contributed by atoms with Crippen LogP contribution in [0.25, 0.3) is 0 Å². The van der Waals surface area contributed by atoms with E-state index in [-0.39, 0.29) is 12.2 Å². The van der Waals surface area contributed by atoms with E-state index >= 15 is 0 Å². The van der Waals surface area contributed by atoms with Crippen LogP contribution in [0.15, 0.2) is 0 Å². The Labute approximate surface area is 64.8 Å². The second-order valence-corrected chi connectivity index (χ2v) is 2.83. The first kappa shape index (κ1) is 10.1. The van der Waals surface area contributed by atoms with E-state index in [1.54, 1.807) is 13.8 Å². The molecule has 4 nitrogen and oxygen atoms in total. The van der Waals surface area contributed by atoms with Crippen LogP contribution in [-0.2, 0) is 9.59 Å². The molecule has 0 aliphatic heterocycles. The van der Waals surface area contributed by atoms with Crippen molar-refractivity contribution in [2.24, 2.45) is 5.92 Å². The second-order valence-electron chi connectivity index (χ2n) is 2.83. The molecule has 0 amide bonds. The van der Waals surface area contributed by atoms with E-state index in [1.165, 1.54) is 0 Å². The van der Waals surface area contributed by atoms with Crippen LogP contribution in [0.3, 0.4) is 0 Å². The second kappa shape index (κ2) is 3.48. The van der Waals surface area contributed by atoms with Crippen molar-refractivity contribution in [2.75, 3.05) is 0 Å². The average molecular weight is 160 g/mol. The van der Waals surface area contributed by atoms with E-state index < -0.39 is 18.0 Å². The Morgan fingerprint density at radius 2 is 2.09 bits per heavy atom. The minimum atomic E-state index is -1.72. The van der Waals surface area contributed by atoms with Crippen LogP contribution in [-0.4, -0.2) is 28.1 Å². The van der Waals surface area contributed by atoms with Crippen molar-refractivity contribution in [1.29, 1.82) is 0 Å². The molecular weight excluding hydrogens is 148 g/mol. The van der Waals surface area contributed by atoms with Gasteiger partial charge in [-0.2, -0.15) is 0 Å². The van der Waals surface area contributed by atoms with Crippen molar-refractivity contribution < 1.29 is 19.8 Å². The fourth-order valence-electron chi connectivity index (χ4n) is 0.624. The molecule has 4 heteroatoms. The molecule has 0 aliphatic rings. The highest BCUT2D eigenvalue weighted by atomic mass is 16.4. The van der Waals surface area contributed by atoms with Crippen LogP contribution < -0.4 is 0 Å². The van der Waals surface area contributed by atoms with Crippen molar-refractivity contribution in [3.8, 4) is 0 Å². The molecule has 0 aromatic rings. The Hall–Kier alpha value is -0.900. The van der Waals surface area contributed by atoms with Gasteiger partial charge >= 0.3 is 5.97 Å². The summed E-state index contributed by atoms with van der Waals surface area (Å²) in [5.74, 6) is -1.55. The van der Waals surface area contributed by atoms with Gasteiger partial charge in [0.1, 0.15) is 5.60 Å². The van der Waals surface area contributed by atoms with Gasteiger partial charge in [-0.1, -0.05) is 13.8 Å². The molecule has 0 spiro atoms. The molecule has 0 heterocycles.